The van der Waals surface area contributed by atoms with E-state index in [1.807, 2.05) is 25.1 Å². The van der Waals surface area contributed by atoms with Crippen LogP contribution in [0, 0.1) is 0 Å². The lowest BCUT2D eigenvalue weighted by Crippen LogP contribution is -2.27. The third-order valence-electron chi connectivity index (χ3n) is 4.00. The number of rotatable bonds is 5. The topological polar surface area (TPSA) is 76.2 Å². The highest BCUT2D eigenvalue weighted by Gasteiger charge is 2.17. The zero-order valence-corrected chi connectivity index (χ0v) is 14.1. The Bertz CT molecular complexity index is 711. The summed E-state index contributed by atoms with van der Waals surface area (Å²) in [5.74, 6) is 1.30. The average Bonchev–Trinajstić information content (AvgIpc) is 2.92. The second-order valence-corrected chi connectivity index (χ2v) is 5.98. The van der Waals surface area contributed by atoms with Crippen LogP contribution in [-0.2, 0) is 6.42 Å². The molecule has 3 rings (SSSR count). The molecular formula is C18H23N3O3. The molecule has 0 saturated carbocycles. The maximum Gasteiger partial charge on any atom is 0.272 e. The maximum absolute atomic E-state index is 12.3. The van der Waals surface area contributed by atoms with E-state index < -0.39 is 0 Å². The lowest BCUT2D eigenvalue weighted by Gasteiger charge is -2.16. The Morgan fingerprint density at radius 3 is 2.88 bits per heavy atom. The Hall–Kier alpha value is -2.50. The first kappa shape index (κ1) is 16.4. The van der Waals surface area contributed by atoms with E-state index in [9.17, 15) is 4.79 Å². The molecule has 0 aliphatic carbocycles. The fourth-order valence-electron chi connectivity index (χ4n) is 2.68. The minimum absolute atomic E-state index is 0.152. The molecule has 0 fully saturated rings. The van der Waals surface area contributed by atoms with Gasteiger partial charge in [-0.25, -0.2) is 0 Å². The number of ether oxygens (including phenoxy) is 2. The van der Waals surface area contributed by atoms with Crippen LogP contribution in [0.3, 0.4) is 0 Å². The third kappa shape index (κ3) is 3.69. The van der Waals surface area contributed by atoms with Crippen LogP contribution in [0.2, 0.25) is 0 Å². The van der Waals surface area contributed by atoms with Crippen molar-refractivity contribution in [3.63, 3.8) is 0 Å². The van der Waals surface area contributed by atoms with Crippen molar-refractivity contribution in [1.82, 2.24) is 15.5 Å². The van der Waals surface area contributed by atoms with E-state index >= 15 is 0 Å². The zero-order valence-electron chi connectivity index (χ0n) is 14.1. The minimum Gasteiger partial charge on any atom is -0.490 e. The number of amides is 1. The van der Waals surface area contributed by atoms with Gasteiger partial charge in [0.15, 0.2) is 11.5 Å². The predicted octanol–water partition coefficient (Wildman–Crippen LogP) is 3.01. The highest BCUT2D eigenvalue weighted by Crippen LogP contribution is 2.32. The van der Waals surface area contributed by atoms with Crippen molar-refractivity contribution in [1.29, 1.82) is 0 Å². The Morgan fingerprint density at radius 2 is 2.08 bits per heavy atom. The number of H-pyrrole nitrogens is 1. The van der Waals surface area contributed by atoms with Crippen LogP contribution in [0.4, 0.5) is 0 Å². The average molecular weight is 329 g/mol. The standard InChI is InChI=1S/C18H23N3O3/c1-3-5-14-11-15(21-20-14)18(22)19-12(2)13-6-7-16-17(10-13)24-9-4-8-23-16/h6-7,10-12H,3-5,8-9H2,1-2H3,(H,19,22)(H,20,21)/t12-/m0/s1. The van der Waals surface area contributed by atoms with Gasteiger partial charge in [0.2, 0.25) is 0 Å². The van der Waals surface area contributed by atoms with Gasteiger partial charge in [-0.1, -0.05) is 19.4 Å². The molecule has 1 aliphatic rings. The third-order valence-corrected chi connectivity index (χ3v) is 4.00. The van der Waals surface area contributed by atoms with Gasteiger partial charge in [-0.2, -0.15) is 5.10 Å². The molecule has 0 saturated heterocycles. The fraction of sp³-hybridized carbons (Fsp3) is 0.444. The van der Waals surface area contributed by atoms with E-state index in [0.717, 1.165) is 42.0 Å². The summed E-state index contributed by atoms with van der Waals surface area (Å²) >= 11 is 0. The summed E-state index contributed by atoms with van der Waals surface area (Å²) in [4.78, 5) is 12.3. The molecule has 1 aromatic carbocycles. The number of aromatic nitrogens is 2. The largest absolute Gasteiger partial charge is 0.490 e. The molecule has 1 aromatic heterocycles. The van der Waals surface area contributed by atoms with Crippen molar-refractivity contribution in [3.05, 3.63) is 41.2 Å². The molecule has 128 valence electrons. The molecule has 0 unspecified atom stereocenters. The van der Waals surface area contributed by atoms with Crippen LogP contribution in [0.5, 0.6) is 11.5 Å². The molecule has 0 radical (unpaired) electrons. The summed E-state index contributed by atoms with van der Waals surface area (Å²) in [6.07, 6.45) is 2.77. The van der Waals surface area contributed by atoms with Gasteiger partial charge in [-0.15, -0.1) is 0 Å². The summed E-state index contributed by atoms with van der Waals surface area (Å²) < 4.78 is 11.3. The summed E-state index contributed by atoms with van der Waals surface area (Å²) in [7, 11) is 0. The highest BCUT2D eigenvalue weighted by atomic mass is 16.5. The van der Waals surface area contributed by atoms with E-state index in [4.69, 9.17) is 9.47 Å². The minimum atomic E-state index is -0.187. The Kier molecular flexibility index (Phi) is 5.03. The maximum atomic E-state index is 12.3. The fourth-order valence-corrected chi connectivity index (χ4v) is 2.68. The molecule has 0 bridgehead atoms. The van der Waals surface area contributed by atoms with Gasteiger partial charge in [0.25, 0.3) is 5.91 Å². The van der Waals surface area contributed by atoms with Crippen LogP contribution < -0.4 is 14.8 Å². The quantitative estimate of drug-likeness (QED) is 0.884. The lowest BCUT2D eigenvalue weighted by molar-refractivity contribution is 0.0934. The van der Waals surface area contributed by atoms with Crippen molar-refractivity contribution in [2.75, 3.05) is 13.2 Å². The van der Waals surface area contributed by atoms with Gasteiger partial charge < -0.3 is 14.8 Å². The number of carbonyl (C=O) groups is 1. The molecule has 6 heteroatoms. The normalized spacial score (nSPS) is 14.8. The number of aromatic amines is 1. The second-order valence-electron chi connectivity index (χ2n) is 5.98. The highest BCUT2D eigenvalue weighted by molar-refractivity contribution is 5.92. The molecule has 24 heavy (non-hydrogen) atoms. The van der Waals surface area contributed by atoms with E-state index in [-0.39, 0.29) is 11.9 Å². The van der Waals surface area contributed by atoms with Crippen LogP contribution in [0.15, 0.2) is 24.3 Å². The zero-order chi connectivity index (χ0) is 16.9. The molecule has 2 heterocycles. The molecule has 0 spiro atoms. The van der Waals surface area contributed by atoms with Gasteiger partial charge in [0.05, 0.1) is 19.3 Å². The summed E-state index contributed by atoms with van der Waals surface area (Å²) in [5.41, 5.74) is 2.36. The first-order valence-electron chi connectivity index (χ1n) is 8.42. The van der Waals surface area contributed by atoms with E-state index in [1.54, 1.807) is 6.07 Å². The van der Waals surface area contributed by atoms with Gasteiger partial charge >= 0.3 is 0 Å². The molecule has 1 aliphatic heterocycles. The second kappa shape index (κ2) is 7.38. The number of benzene rings is 1. The molecule has 2 aromatic rings. The van der Waals surface area contributed by atoms with Crippen LogP contribution in [0.25, 0.3) is 0 Å². The molecule has 6 nitrogen and oxygen atoms in total. The van der Waals surface area contributed by atoms with Crippen molar-refractivity contribution >= 4 is 5.91 Å². The predicted molar refractivity (Wildman–Crippen MR) is 90.5 cm³/mol. The van der Waals surface area contributed by atoms with Gasteiger partial charge in [-0.05, 0) is 37.1 Å². The molecule has 1 amide bonds. The van der Waals surface area contributed by atoms with Crippen molar-refractivity contribution in [2.24, 2.45) is 0 Å². The van der Waals surface area contributed by atoms with Crippen LogP contribution in [0.1, 0.15) is 54.5 Å². The first-order valence-corrected chi connectivity index (χ1v) is 8.42. The monoisotopic (exact) mass is 329 g/mol. The Labute approximate surface area is 141 Å². The van der Waals surface area contributed by atoms with Gasteiger partial charge in [0, 0.05) is 12.1 Å². The number of fused-ring (bicyclic) bond motifs is 1. The van der Waals surface area contributed by atoms with Gasteiger partial charge in [0.1, 0.15) is 5.69 Å². The van der Waals surface area contributed by atoms with E-state index in [1.165, 1.54) is 0 Å². The summed E-state index contributed by atoms with van der Waals surface area (Å²) in [5, 5.41) is 9.96. The Morgan fingerprint density at radius 1 is 1.29 bits per heavy atom. The van der Waals surface area contributed by atoms with Crippen LogP contribution >= 0.6 is 0 Å². The number of aryl methyl sites for hydroxylation is 1. The van der Waals surface area contributed by atoms with Crippen molar-refractivity contribution < 1.29 is 14.3 Å². The summed E-state index contributed by atoms with van der Waals surface area (Å²) in [6.45, 7) is 5.34. The van der Waals surface area contributed by atoms with Crippen LogP contribution in [-0.4, -0.2) is 29.3 Å². The smallest absolute Gasteiger partial charge is 0.272 e. The first-order chi connectivity index (χ1) is 11.7. The van der Waals surface area contributed by atoms with E-state index in [2.05, 4.69) is 22.4 Å². The number of nitrogens with zero attached hydrogens (tertiary/aromatic N) is 1. The molecule has 1 atom stereocenters. The summed E-state index contributed by atoms with van der Waals surface area (Å²) in [6, 6.07) is 7.43. The van der Waals surface area contributed by atoms with E-state index in [0.29, 0.717) is 18.9 Å². The number of carbonyl (C=O) groups excluding carboxylic acids is 1. The Balaban J connectivity index is 1.68. The van der Waals surface area contributed by atoms with Gasteiger partial charge in [-0.3, -0.25) is 9.89 Å². The van der Waals surface area contributed by atoms with Crippen molar-refractivity contribution in [2.45, 2.75) is 39.2 Å². The number of hydrogen-bond acceptors (Lipinski definition) is 4. The van der Waals surface area contributed by atoms with Crippen molar-refractivity contribution in [3.8, 4) is 11.5 Å². The lowest BCUT2D eigenvalue weighted by atomic mass is 10.1. The number of hydrogen-bond donors (Lipinski definition) is 2. The molecular weight excluding hydrogens is 306 g/mol. The molecule has 2 N–H and O–H groups in total. The SMILES string of the molecule is CCCc1cc(C(=O)N[C@@H](C)c2ccc3c(c2)OCCCO3)n[nH]1. The number of nitrogens with one attached hydrogen (secondary N) is 2.